The van der Waals surface area contributed by atoms with Crippen molar-refractivity contribution < 1.29 is 9.53 Å². The summed E-state index contributed by atoms with van der Waals surface area (Å²) in [5.74, 6) is 1.07. The molecule has 1 aliphatic heterocycles. The van der Waals surface area contributed by atoms with Gasteiger partial charge in [-0.2, -0.15) is 0 Å². The van der Waals surface area contributed by atoms with E-state index in [4.69, 9.17) is 4.74 Å². The molecule has 176 valence electrons. The number of benzene rings is 1. The maximum atomic E-state index is 12.0. The van der Waals surface area contributed by atoms with Crippen LogP contribution in [0.3, 0.4) is 0 Å². The second-order valence-electron chi connectivity index (χ2n) is 10.1. The summed E-state index contributed by atoms with van der Waals surface area (Å²) >= 11 is 0. The van der Waals surface area contributed by atoms with Crippen LogP contribution in [-0.4, -0.2) is 48.1 Å². The SMILES string of the molecule is CCCCCc1cc(OC2CCN(CCCNC(=O)C(C)(C)C)CC2)c2ncccc2c1. The Hall–Kier alpha value is -2.14. The Morgan fingerprint density at radius 2 is 1.97 bits per heavy atom. The number of hydrogen-bond acceptors (Lipinski definition) is 4. The largest absolute Gasteiger partial charge is 0.488 e. The van der Waals surface area contributed by atoms with Gasteiger partial charge >= 0.3 is 0 Å². The molecule has 2 heterocycles. The van der Waals surface area contributed by atoms with Gasteiger partial charge in [-0.3, -0.25) is 9.78 Å². The molecule has 1 aliphatic rings. The van der Waals surface area contributed by atoms with Crippen molar-refractivity contribution in [2.45, 2.75) is 78.7 Å². The van der Waals surface area contributed by atoms with Crippen LogP contribution in [-0.2, 0) is 11.2 Å². The van der Waals surface area contributed by atoms with Crippen LogP contribution in [0.4, 0.5) is 0 Å². The first-order chi connectivity index (χ1) is 15.4. The summed E-state index contributed by atoms with van der Waals surface area (Å²) in [4.78, 5) is 19.1. The molecule has 1 N–H and O–H groups in total. The lowest BCUT2D eigenvalue weighted by molar-refractivity contribution is -0.128. The molecule has 5 heteroatoms. The van der Waals surface area contributed by atoms with E-state index in [1.54, 1.807) is 0 Å². The smallest absolute Gasteiger partial charge is 0.225 e. The first-order valence-electron chi connectivity index (χ1n) is 12.4. The molecule has 0 saturated carbocycles. The van der Waals surface area contributed by atoms with Gasteiger partial charge in [-0.1, -0.05) is 46.6 Å². The number of hydrogen-bond donors (Lipinski definition) is 1. The number of nitrogens with zero attached hydrogens (tertiary/aromatic N) is 2. The van der Waals surface area contributed by atoms with Gasteiger partial charge in [0.1, 0.15) is 17.4 Å². The molecule has 0 radical (unpaired) electrons. The number of unbranched alkanes of at least 4 members (excludes halogenated alkanes) is 2. The highest BCUT2D eigenvalue weighted by Crippen LogP contribution is 2.29. The number of fused-ring (bicyclic) bond motifs is 1. The van der Waals surface area contributed by atoms with Crippen LogP contribution in [0.5, 0.6) is 5.75 Å². The third-order valence-corrected chi connectivity index (χ3v) is 6.24. The Morgan fingerprint density at radius 1 is 1.19 bits per heavy atom. The second-order valence-corrected chi connectivity index (χ2v) is 10.1. The standard InChI is InChI=1S/C27H41N3O2/c1-5-6-7-10-21-19-22-11-8-14-28-25(22)24(20-21)32-23-12-17-30(18-13-23)16-9-15-29-26(31)27(2,3)4/h8,11,14,19-20,23H,5-7,9-10,12-13,15-18H2,1-4H3,(H,29,31). The summed E-state index contributed by atoms with van der Waals surface area (Å²) < 4.78 is 6.51. The van der Waals surface area contributed by atoms with E-state index < -0.39 is 0 Å². The first-order valence-corrected chi connectivity index (χ1v) is 12.4. The van der Waals surface area contributed by atoms with E-state index in [2.05, 4.69) is 40.3 Å². The van der Waals surface area contributed by atoms with Gasteiger partial charge in [0, 0.05) is 36.6 Å². The molecule has 0 spiro atoms. The summed E-state index contributed by atoms with van der Waals surface area (Å²) in [5, 5.41) is 4.22. The van der Waals surface area contributed by atoms with Crippen molar-refractivity contribution in [3.05, 3.63) is 36.0 Å². The van der Waals surface area contributed by atoms with Crippen molar-refractivity contribution in [2.75, 3.05) is 26.2 Å². The summed E-state index contributed by atoms with van der Waals surface area (Å²) in [7, 11) is 0. The minimum atomic E-state index is -0.317. The molecular weight excluding hydrogens is 398 g/mol. The molecule has 0 aliphatic carbocycles. The van der Waals surface area contributed by atoms with Gasteiger partial charge in [-0.25, -0.2) is 0 Å². The quantitative estimate of drug-likeness (QED) is 0.506. The minimum Gasteiger partial charge on any atom is -0.488 e. The number of nitrogens with one attached hydrogen (secondary N) is 1. The van der Waals surface area contributed by atoms with Gasteiger partial charge in [-0.05, 0) is 62.4 Å². The van der Waals surface area contributed by atoms with Crippen LogP contribution in [0, 0.1) is 5.41 Å². The topological polar surface area (TPSA) is 54.5 Å². The van der Waals surface area contributed by atoms with Crippen molar-refractivity contribution in [2.24, 2.45) is 5.41 Å². The third-order valence-electron chi connectivity index (χ3n) is 6.24. The third kappa shape index (κ3) is 7.19. The number of pyridine rings is 1. The summed E-state index contributed by atoms with van der Waals surface area (Å²) in [6.45, 7) is 11.9. The molecule has 1 saturated heterocycles. The number of rotatable bonds is 10. The maximum Gasteiger partial charge on any atom is 0.225 e. The Morgan fingerprint density at radius 3 is 2.69 bits per heavy atom. The van der Waals surface area contributed by atoms with Crippen LogP contribution in [0.2, 0.25) is 0 Å². The predicted molar refractivity (Wildman–Crippen MR) is 132 cm³/mol. The van der Waals surface area contributed by atoms with Crippen molar-refractivity contribution in [3.63, 3.8) is 0 Å². The lowest BCUT2D eigenvalue weighted by Gasteiger charge is -2.32. The van der Waals surface area contributed by atoms with Gasteiger partial charge in [0.2, 0.25) is 5.91 Å². The molecule has 1 aromatic carbocycles. The van der Waals surface area contributed by atoms with E-state index in [0.29, 0.717) is 0 Å². The molecule has 3 rings (SSSR count). The molecule has 0 bridgehead atoms. The highest BCUT2D eigenvalue weighted by molar-refractivity contribution is 5.85. The number of likely N-dealkylation sites (tertiary alicyclic amines) is 1. The van der Waals surface area contributed by atoms with Crippen molar-refractivity contribution in [1.29, 1.82) is 0 Å². The molecular formula is C27H41N3O2. The van der Waals surface area contributed by atoms with Crippen LogP contribution < -0.4 is 10.1 Å². The average molecular weight is 440 g/mol. The fourth-order valence-electron chi connectivity index (χ4n) is 4.23. The number of carbonyl (C=O) groups excluding carboxylic acids is 1. The Balaban J connectivity index is 1.49. The van der Waals surface area contributed by atoms with Crippen molar-refractivity contribution in [1.82, 2.24) is 15.2 Å². The number of aromatic nitrogens is 1. The monoisotopic (exact) mass is 439 g/mol. The van der Waals surface area contributed by atoms with Crippen LogP contribution in [0.15, 0.2) is 30.5 Å². The van der Waals surface area contributed by atoms with E-state index >= 15 is 0 Å². The molecule has 0 unspecified atom stereocenters. The van der Waals surface area contributed by atoms with Crippen molar-refractivity contribution >= 4 is 16.8 Å². The number of ether oxygens (including phenoxy) is 1. The van der Waals surface area contributed by atoms with Crippen LogP contribution in [0.25, 0.3) is 10.9 Å². The highest BCUT2D eigenvalue weighted by Gasteiger charge is 2.23. The van der Waals surface area contributed by atoms with Crippen LogP contribution >= 0.6 is 0 Å². The Labute approximate surface area is 193 Å². The first kappa shape index (κ1) is 24.5. The summed E-state index contributed by atoms with van der Waals surface area (Å²) in [5.41, 5.74) is 2.01. The molecule has 32 heavy (non-hydrogen) atoms. The van der Waals surface area contributed by atoms with E-state index in [9.17, 15) is 4.79 Å². The zero-order chi connectivity index (χ0) is 23.0. The molecule has 0 atom stereocenters. The molecule has 1 fully saturated rings. The van der Waals surface area contributed by atoms with Gasteiger partial charge in [-0.15, -0.1) is 0 Å². The fourth-order valence-corrected chi connectivity index (χ4v) is 4.23. The van der Waals surface area contributed by atoms with E-state index in [1.807, 2.05) is 33.0 Å². The molecule has 1 amide bonds. The summed E-state index contributed by atoms with van der Waals surface area (Å²) in [6, 6.07) is 8.63. The minimum absolute atomic E-state index is 0.127. The Kier molecular flexibility index (Phi) is 8.92. The van der Waals surface area contributed by atoms with E-state index in [0.717, 1.165) is 63.1 Å². The lowest BCUT2D eigenvalue weighted by Crippen LogP contribution is -2.40. The van der Waals surface area contributed by atoms with Crippen molar-refractivity contribution in [3.8, 4) is 5.75 Å². The lowest BCUT2D eigenvalue weighted by atomic mass is 9.96. The number of amides is 1. The van der Waals surface area contributed by atoms with E-state index in [-0.39, 0.29) is 17.4 Å². The normalized spacial score (nSPS) is 15.8. The fraction of sp³-hybridized carbons (Fsp3) is 0.630. The van der Waals surface area contributed by atoms with Gasteiger partial charge < -0.3 is 15.0 Å². The zero-order valence-corrected chi connectivity index (χ0v) is 20.5. The van der Waals surface area contributed by atoms with E-state index in [1.165, 1.54) is 30.2 Å². The van der Waals surface area contributed by atoms with Crippen LogP contribution in [0.1, 0.15) is 71.8 Å². The number of carbonyl (C=O) groups is 1. The highest BCUT2D eigenvalue weighted by atomic mass is 16.5. The van der Waals surface area contributed by atoms with Gasteiger partial charge in [0.05, 0.1) is 0 Å². The molecule has 2 aromatic rings. The number of piperidine rings is 1. The predicted octanol–water partition coefficient (Wildman–Crippen LogP) is 5.36. The maximum absolute atomic E-state index is 12.0. The summed E-state index contributed by atoms with van der Waals surface area (Å²) in [6.07, 6.45) is 9.96. The molecule has 5 nitrogen and oxygen atoms in total. The number of aryl methyl sites for hydroxylation is 1. The zero-order valence-electron chi connectivity index (χ0n) is 20.5. The second kappa shape index (κ2) is 11.6. The Bertz CT molecular complexity index is 867. The average Bonchev–Trinajstić information content (AvgIpc) is 2.77. The van der Waals surface area contributed by atoms with Gasteiger partial charge in [0.15, 0.2) is 0 Å². The molecule has 1 aromatic heterocycles. The van der Waals surface area contributed by atoms with Gasteiger partial charge in [0.25, 0.3) is 0 Å².